The number of rotatable bonds is 5. The molecule has 0 bridgehead atoms. The monoisotopic (exact) mass is 376 g/mol. The maximum Gasteiger partial charge on any atom is 0.111 e. The number of halogens is 2. The number of imidazole rings is 1. The molecule has 98 valence electrons. The lowest BCUT2D eigenvalue weighted by Gasteiger charge is -2.18. The van der Waals surface area contributed by atoms with Crippen LogP contribution in [-0.2, 0) is 6.42 Å². The number of hydrogen-bond acceptors (Lipinski definition) is 1. The fourth-order valence-electron chi connectivity index (χ4n) is 2.44. The molecule has 0 saturated carbocycles. The molecule has 0 unspecified atom stereocenters. The average molecular weight is 377 g/mol. The molecule has 0 atom stereocenters. The van der Waals surface area contributed by atoms with Crippen LogP contribution in [0.15, 0.2) is 18.2 Å². The minimum Gasteiger partial charge on any atom is -0.325 e. The van der Waals surface area contributed by atoms with Gasteiger partial charge < -0.3 is 4.57 Å². The summed E-state index contributed by atoms with van der Waals surface area (Å²) in [6.45, 7) is 4.47. The van der Waals surface area contributed by atoms with Gasteiger partial charge in [-0.3, -0.25) is 0 Å². The minimum absolute atomic E-state index is 0.522. The molecule has 0 aliphatic heterocycles. The van der Waals surface area contributed by atoms with Crippen LogP contribution in [0.3, 0.4) is 0 Å². The Morgan fingerprint density at radius 3 is 2.67 bits per heavy atom. The van der Waals surface area contributed by atoms with Crippen molar-refractivity contribution in [3.8, 4) is 0 Å². The maximum atomic E-state index is 5.90. The van der Waals surface area contributed by atoms with E-state index >= 15 is 0 Å². The Kier molecular flexibility index (Phi) is 4.90. The van der Waals surface area contributed by atoms with E-state index in [1.165, 1.54) is 9.09 Å². The van der Waals surface area contributed by atoms with Gasteiger partial charge in [-0.05, 0) is 53.6 Å². The summed E-state index contributed by atoms with van der Waals surface area (Å²) in [5.41, 5.74) is 2.33. The van der Waals surface area contributed by atoms with E-state index in [1.807, 2.05) is 0 Å². The van der Waals surface area contributed by atoms with Gasteiger partial charge in [0.05, 0.1) is 11.0 Å². The predicted octanol–water partition coefficient (Wildman–Crippen LogP) is 4.78. The zero-order valence-corrected chi connectivity index (χ0v) is 13.7. The Hall–Kier alpha value is -0.290. The number of nitrogens with zero attached hydrogens (tertiary/aromatic N) is 2. The van der Waals surface area contributed by atoms with E-state index in [1.54, 1.807) is 0 Å². The first-order valence-corrected chi connectivity index (χ1v) is 8.04. The van der Waals surface area contributed by atoms with Crippen LogP contribution in [0, 0.1) is 3.57 Å². The zero-order chi connectivity index (χ0) is 13.1. The first-order chi connectivity index (χ1) is 8.71. The smallest absolute Gasteiger partial charge is 0.111 e. The van der Waals surface area contributed by atoms with Crippen molar-refractivity contribution in [3.63, 3.8) is 0 Å². The second kappa shape index (κ2) is 6.24. The third kappa shape index (κ3) is 2.67. The van der Waals surface area contributed by atoms with Crippen molar-refractivity contribution in [1.29, 1.82) is 0 Å². The molecule has 2 nitrogen and oxygen atoms in total. The molecule has 0 N–H and O–H groups in total. The van der Waals surface area contributed by atoms with Gasteiger partial charge in [0.2, 0.25) is 0 Å². The number of aromatic nitrogens is 2. The summed E-state index contributed by atoms with van der Waals surface area (Å²) >= 11 is 8.23. The van der Waals surface area contributed by atoms with Gasteiger partial charge in [0, 0.05) is 21.9 Å². The third-order valence-corrected chi connectivity index (χ3v) is 4.21. The number of alkyl halides is 1. The summed E-state index contributed by atoms with van der Waals surface area (Å²) in [7, 11) is 0. The highest BCUT2D eigenvalue weighted by Crippen LogP contribution is 2.27. The zero-order valence-electron chi connectivity index (χ0n) is 10.8. The van der Waals surface area contributed by atoms with Crippen LogP contribution >= 0.6 is 34.2 Å². The highest BCUT2D eigenvalue weighted by Gasteiger charge is 2.16. The standard InChI is InChI=1S/C14H18ClIN2/c1-3-11(4-2)18-13-6-5-10(16)9-12(13)17-14(18)7-8-15/h5-6,9,11H,3-4,7-8H2,1-2H3. The van der Waals surface area contributed by atoms with E-state index in [0.29, 0.717) is 11.9 Å². The average Bonchev–Trinajstić information content (AvgIpc) is 2.69. The molecule has 0 amide bonds. The lowest BCUT2D eigenvalue weighted by atomic mass is 10.1. The lowest BCUT2D eigenvalue weighted by Crippen LogP contribution is -2.11. The van der Waals surface area contributed by atoms with Crippen molar-refractivity contribution in [2.45, 2.75) is 39.2 Å². The maximum absolute atomic E-state index is 5.90. The van der Waals surface area contributed by atoms with Crippen molar-refractivity contribution in [2.75, 3.05) is 5.88 Å². The fraction of sp³-hybridized carbons (Fsp3) is 0.500. The minimum atomic E-state index is 0.522. The SMILES string of the molecule is CCC(CC)n1c(CCCl)nc2cc(I)ccc21. The largest absolute Gasteiger partial charge is 0.325 e. The highest BCUT2D eigenvalue weighted by molar-refractivity contribution is 14.1. The Morgan fingerprint density at radius 2 is 2.06 bits per heavy atom. The Morgan fingerprint density at radius 1 is 1.33 bits per heavy atom. The molecule has 1 aromatic heterocycles. The molecule has 4 heteroatoms. The Labute approximate surface area is 127 Å². The molecule has 2 rings (SSSR count). The molecule has 0 aliphatic carbocycles. The van der Waals surface area contributed by atoms with Gasteiger partial charge in [-0.1, -0.05) is 13.8 Å². The predicted molar refractivity (Wildman–Crippen MR) is 86.5 cm³/mol. The lowest BCUT2D eigenvalue weighted by molar-refractivity contribution is 0.468. The van der Waals surface area contributed by atoms with E-state index in [2.05, 4.69) is 59.2 Å². The van der Waals surface area contributed by atoms with Crippen molar-refractivity contribution in [2.24, 2.45) is 0 Å². The van der Waals surface area contributed by atoms with Crippen LogP contribution in [-0.4, -0.2) is 15.4 Å². The normalized spacial score (nSPS) is 11.6. The van der Waals surface area contributed by atoms with Crippen molar-refractivity contribution in [3.05, 3.63) is 27.6 Å². The van der Waals surface area contributed by atoms with E-state index in [4.69, 9.17) is 16.6 Å². The summed E-state index contributed by atoms with van der Waals surface area (Å²) in [6.07, 6.45) is 3.09. The first-order valence-electron chi connectivity index (χ1n) is 6.43. The molecular formula is C14H18ClIN2. The van der Waals surface area contributed by atoms with Crippen LogP contribution in [0.4, 0.5) is 0 Å². The van der Waals surface area contributed by atoms with E-state index in [9.17, 15) is 0 Å². The highest BCUT2D eigenvalue weighted by atomic mass is 127. The van der Waals surface area contributed by atoms with Gasteiger partial charge in [0.1, 0.15) is 5.82 Å². The molecule has 1 heterocycles. The Balaban J connectivity index is 2.61. The molecule has 0 radical (unpaired) electrons. The van der Waals surface area contributed by atoms with Crippen molar-refractivity contribution in [1.82, 2.24) is 9.55 Å². The van der Waals surface area contributed by atoms with Crippen LogP contribution in [0.2, 0.25) is 0 Å². The Bertz CT molecular complexity index is 532. The van der Waals surface area contributed by atoms with Crippen LogP contribution in [0.25, 0.3) is 11.0 Å². The van der Waals surface area contributed by atoms with Crippen molar-refractivity contribution >= 4 is 45.2 Å². The van der Waals surface area contributed by atoms with E-state index < -0.39 is 0 Å². The molecule has 2 aromatic rings. The van der Waals surface area contributed by atoms with Crippen molar-refractivity contribution < 1.29 is 0 Å². The molecule has 0 fully saturated rings. The van der Waals surface area contributed by atoms with Gasteiger partial charge in [0.25, 0.3) is 0 Å². The van der Waals surface area contributed by atoms with E-state index in [-0.39, 0.29) is 0 Å². The second-order valence-corrected chi connectivity index (χ2v) is 6.06. The molecule has 0 aliphatic rings. The molecular weight excluding hydrogens is 359 g/mol. The topological polar surface area (TPSA) is 17.8 Å². The molecule has 1 aromatic carbocycles. The molecule has 0 saturated heterocycles. The first kappa shape index (κ1) is 14.1. The summed E-state index contributed by atoms with van der Waals surface area (Å²) < 4.78 is 3.61. The van der Waals surface area contributed by atoms with Crippen LogP contribution in [0.1, 0.15) is 38.6 Å². The van der Waals surface area contributed by atoms with Gasteiger partial charge >= 0.3 is 0 Å². The number of fused-ring (bicyclic) bond motifs is 1. The van der Waals surface area contributed by atoms with Crippen LogP contribution in [0.5, 0.6) is 0 Å². The summed E-state index contributed by atoms with van der Waals surface area (Å²) in [6, 6.07) is 6.99. The summed E-state index contributed by atoms with van der Waals surface area (Å²) in [4.78, 5) is 4.75. The number of benzene rings is 1. The third-order valence-electron chi connectivity index (χ3n) is 3.35. The van der Waals surface area contributed by atoms with Gasteiger partial charge in [-0.25, -0.2) is 4.98 Å². The van der Waals surface area contributed by atoms with Gasteiger partial charge in [-0.15, -0.1) is 11.6 Å². The number of aryl methyl sites for hydroxylation is 1. The summed E-state index contributed by atoms with van der Waals surface area (Å²) in [5, 5.41) is 0. The quantitative estimate of drug-likeness (QED) is 0.542. The van der Waals surface area contributed by atoms with Crippen LogP contribution < -0.4 is 0 Å². The second-order valence-electron chi connectivity index (χ2n) is 4.44. The van der Waals surface area contributed by atoms with E-state index in [0.717, 1.165) is 30.6 Å². The summed E-state index contributed by atoms with van der Waals surface area (Å²) in [5.74, 6) is 1.75. The number of hydrogen-bond donors (Lipinski definition) is 0. The van der Waals surface area contributed by atoms with Gasteiger partial charge in [-0.2, -0.15) is 0 Å². The molecule has 18 heavy (non-hydrogen) atoms. The molecule has 0 spiro atoms. The van der Waals surface area contributed by atoms with Gasteiger partial charge in [0.15, 0.2) is 0 Å². The fourth-order valence-corrected chi connectivity index (χ4v) is 3.09.